The zero-order chi connectivity index (χ0) is 22.3. The molecule has 8 heteroatoms. The van der Waals surface area contributed by atoms with Crippen LogP contribution in [-0.2, 0) is 5.66 Å². The average molecular weight is 556 g/mol. The van der Waals surface area contributed by atoms with Gasteiger partial charge in [0.2, 0.25) is 0 Å². The van der Waals surface area contributed by atoms with Crippen LogP contribution in [0.4, 0.5) is 9.59 Å². The van der Waals surface area contributed by atoms with Crippen LogP contribution in [0.1, 0.15) is 28.8 Å². The molecule has 2 heterocycles. The van der Waals surface area contributed by atoms with Gasteiger partial charge in [0.1, 0.15) is 5.66 Å². The van der Waals surface area contributed by atoms with E-state index in [9.17, 15) is 9.59 Å². The lowest BCUT2D eigenvalue weighted by Gasteiger charge is -2.54. The summed E-state index contributed by atoms with van der Waals surface area (Å²) in [5, 5.41) is 12.3. The Morgan fingerprint density at radius 3 is 1.50 bits per heavy atom. The van der Waals surface area contributed by atoms with Crippen LogP contribution in [0.15, 0.2) is 87.8 Å². The molecule has 2 unspecified atom stereocenters. The van der Waals surface area contributed by atoms with E-state index in [0.29, 0.717) is 0 Å². The molecule has 4 N–H and O–H groups in total. The summed E-state index contributed by atoms with van der Waals surface area (Å²) in [7, 11) is 0. The number of fused-ring (bicyclic) bond motifs is 1. The molecule has 2 aliphatic heterocycles. The van der Waals surface area contributed by atoms with Gasteiger partial charge in [-0.25, -0.2) is 9.59 Å². The number of rotatable bonds is 3. The monoisotopic (exact) mass is 554 g/mol. The summed E-state index contributed by atoms with van der Waals surface area (Å²) >= 11 is 6.97. The minimum atomic E-state index is -1.10. The Morgan fingerprint density at radius 2 is 1.06 bits per heavy atom. The highest BCUT2D eigenvalue weighted by atomic mass is 79.9. The highest BCUT2D eigenvalue weighted by Crippen LogP contribution is 2.47. The molecule has 6 nitrogen and oxygen atoms in total. The first-order valence-corrected chi connectivity index (χ1v) is 11.8. The van der Waals surface area contributed by atoms with Gasteiger partial charge in [0.15, 0.2) is 0 Å². The lowest BCUT2D eigenvalue weighted by atomic mass is 9.70. The molecular formula is C24H20Br2N4O2. The Hall–Kier alpha value is -2.84. The second kappa shape index (κ2) is 8.26. The lowest BCUT2D eigenvalue weighted by molar-refractivity contribution is 0.0557. The number of benzene rings is 3. The van der Waals surface area contributed by atoms with Crippen LogP contribution in [0.5, 0.6) is 0 Å². The molecule has 0 bridgehead atoms. The fraction of sp³-hybridized carbons (Fsp3) is 0.167. The zero-order valence-electron chi connectivity index (χ0n) is 16.8. The predicted molar refractivity (Wildman–Crippen MR) is 129 cm³/mol. The topological polar surface area (TPSA) is 82.3 Å². The van der Waals surface area contributed by atoms with Crippen molar-refractivity contribution in [1.82, 2.24) is 21.3 Å². The van der Waals surface area contributed by atoms with Gasteiger partial charge in [-0.1, -0.05) is 86.5 Å². The van der Waals surface area contributed by atoms with E-state index in [2.05, 4.69) is 53.1 Å². The van der Waals surface area contributed by atoms with Crippen molar-refractivity contribution in [2.24, 2.45) is 5.92 Å². The quantitative estimate of drug-likeness (QED) is 0.363. The SMILES string of the molecule is O=C1NC(c2ccc(Br)cc2)C2C(c3ccc(Br)cc3)NC(=O)NC2(c2ccccc2)N1. The molecule has 2 saturated heterocycles. The Balaban J connectivity index is 1.72. The predicted octanol–water partition coefficient (Wildman–Crippen LogP) is 5.09. The fourth-order valence-corrected chi connectivity index (χ4v) is 5.27. The van der Waals surface area contributed by atoms with Crippen molar-refractivity contribution in [3.63, 3.8) is 0 Å². The van der Waals surface area contributed by atoms with Crippen molar-refractivity contribution in [1.29, 1.82) is 0 Å². The van der Waals surface area contributed by atoms with Gasteiger partial charge < -0.3 is 21.3 Å². The van der Waals surface area contributed by atoms with Gasteiger partial charge in [-0.05, 0) is 41.0 Å². The maximum Gasteiger partial charge on any atom is 0.317 e. The van der Waals surface area contributed by atoms with E-state index < -0.39 is 5.66 Å². The van der Waals surface area contributed by atoms with E-state index >= 15 is 0 Å². The highest BCUT2D eigenvalue weighted by molar-refractivity contribution is 9.10. The summed E-state index contributed by atoms with van der Waals surface area (Å²) in [6.07, 6.45) is 0. The van der Waals surface area contributed by atoms with Crippen LogP contribution in [-0.4, -0.2) is 12.1 Å². The van der Waals surface area contributed by atoms with E-state index in [1.807, 2.05) is 78.9 Å². The second-order valence-electron chi connectivity index (χ2n) is 7.96. The number of urea groups is 2. The molecule has 162 valence electrons. The first-order chi connectivity index (χ1) is 15.5. The Kier molecular flexibility index (Phi) is 5.43. The highest BCUT2D eigenvalue weighted by Gasteiger charge is 2.57. The standard InChI is InChI=1S/C24H20Br2N4O2/c25-17-10-6-14(7-11-17)20-19-21(15-8-12-18(26)13-9-15)28-23(32)30-24(19,29-22(31)27-20)16-4-2-1-3-5-16/h1-13,19-21H,(H2,27,29,31)(H2,28,30,32). The molecule has 0 aliphatic carbocycles. The number of halogens is 2. The smallest absolute Gasteiger partial charge is 0.317 e. The third kappa shape index (κ3) is 3.67. The second-order valence-corrected chi connectivity index (χ2v) is 9.79. The van der Waals surface area contributed by atoms with Gasteiger partial charge in [-0.2, -0.15) is 0 Å². The molecule has 0 aromatic heterocycles. The largest absolute Gasteiger partial charge is 0.331 e. The summed E-state index contributed by atoms with van der Waals surface area (Å²) in [6.45, 7) is 0. The van der Waals surface area contributed by atoms with E-state index in [4.69, 9.17) is 0 Å². The van der Waals surface area contributed by atoms with Crippen molar-refractivity contribution >= 4 is 43.9 Å². The Labute approximate surface area is 202 Å². The molecule has 0 saturated carbocycles. The third-order valence-corrected chi connectivity index (χ3v) is 7.16. The normalized spacial score (nSPS) is 26.8. The molecule has 5 rings (SSSR count). The van der Waals surface area contributed by atoms with Crippen molar-refractivity contribution in [2.45, 2.75) is 17.7 Å². The molecule has 32 heavy (non-hydrogen) atoms. The first kappa shape index (κ1) is 21.0. The summed E-state index contributed by atoms with van der Waals surface area (Å²) < 4.78 is 1.91. The van der Waals surface area contributed by atoms with Gasteiger partial charge in [0.25, 0.3) is 0 Å². The average Bonchev–Trinajstić information content (AvgIpc) is 2.79. The maximum atomic E-state index is 12.9. The fourth-order valence-electron chi connectivity index (χ4n) is 4.74. The van der Waals surface area contributed by atoms with Crippen molar-refractivity contribution < 1.29 is 9.59 Å². The molecule has 3 aromatic carbocycles. The van der Waals surface area contributed by atoms with Crippen LogP contribution in [0, 0.1) is 5.92 Å². The number of nitrogens with one attached hydrogen (secondary N) is 4. The zero-order valence-corrected chi connectivity index (χ0v) is 20.0. The minimum Gasteiger partial charge on any atom is -0.331 e. The number of hydrogen-bond acceptors (Lipinski definition) is 2. The van der Waals surface area contributed by atoms with Crippen molar-refractivity contribution in [3.8, 4) is 0 Å². The van der Waals surface area contributed by atoms with Crippen LogP contribution in [0.25, 0.3) is 0 Å². The van der Waals surface area contributed by atoms with E-state index in [1.54, 1.807) is 0 Å². The molecule has 0 spiro atoms. The number of hydrogen-bond donors (Lipinski definition) is 4. The Morgan fingerprint density at radius 1 is 0.625 bits per heavy atom. The lowest BCUT2D eigenvalue weighted by Crippen LogP contribution is -2.75. The third-order valence-electron chi connectivity index (χ3n) is 6.10. The van der Waals surface area contributed by atoms with Crippen LogP contribution >= 0.6 is 31.9 Å². The van der Waals surface area contributed by atoms with Crippen LogP contribution < -0.4 is 21.3 Å². The van der Waals surface area contributed by atoms with Gasteiger partial charge >= 0.3 is 12.1 Å². The Bertz CT molecular complexity index is 1080. The van der Waals surface area contributed by atoms with Crippen molar-refractivity contribution in [2.75, 3.05) is 0 Å². The van der Waals surface area contributed by atoms with Gasteiger partial charge in [0.05, 0.1) is 18.0 Å². The molecular weight excluding hydrogens is 536 g/mol. The molecule has 4 amide bonds. The summed E-state index contributed by atoms with van der Waals surface area (Å²) in [5.41, 5.74) is 1.63. The maximum absolute atomic E-state index is 12.9. The van der Waals surface area contributed by atoms with Gasteiger partial charge in [0, 0.05) is 8.95 Å². The van der Waals surface area contributed by atoms with E-state index in [1.165, 1.54) is 0 Å². The summed E-state index contributed by atoms with van der Waals surface area (Å²) in [6, 6.07) is 24.0. The first-order valence-electron chi connectivity index (χ1n) is 10.2. The summed E-state index contributed by atoms with van der Waals surface area (Å²) in [5.74, 6) is -0.275. The molecule has 3 aromatic rings. The number of amides is 4. The summed E-state index contributed by atoms with van der Waals surface area (Å²) in [4.78, 5) is 25.9. The van der Waals surface area contributed by atoms with Gasteiger partial charge in [-0.3, -0.25) is 0 Å². The van der Waals surface area contributed by atoms with Crippen molar-refractivity contribution in [3.05, 3.63) is 104 Å². The van der Waals surface area contributed by atoms with E-state index in [0.717, 1.165) is 25.6 Å². The molecule has 2 fully saturated rings. The van der Waals surface area contributed by atoms with E-state index in [-0.39, 0.29) is 30.1 Å². The van der Waals surface area contributed by atoms with Gasteiger partial charge in [-0.15, -0.1) is 0 Å². The molecule has 0 radical (unpaired) electrons. The van der Waals surface area contributed by atoms with Crippen LogP contribution in [0.2, 0.25) is 0 Å². The number of carbonyl (C=O) groups excluding carboxylic acids is 2. The molecule has 2 atom stereocenters. The van der Waals surface area contributed by atoms with Crippen LogP contribution in [0.3, 0.4) is 0 Å². The number of carbonyl (C=O) groups is 2. The molecule has 2 aliphatic rings. The minimum absolute atomic E-state index is 0.275.